The van der Waals surface area contributed by atoms with Crippen LogP contribution < -0.4 is 0 Å². The zero-order valence-corrected chi connectivity index (χ0v) is 12.3. The molecule has 0 bridgehead atoms. The summed E-state index contributed by atoms with van der Waals surface area (Å²) in [5.41, 5.74) is -0.0680. The summed E-state index contributed by atoms with van der Waals surface area (Å²) >= 11 is 0. The van der Waals surface area contributed by atoms with Crippen LogP contribution in [0.4, 0.5) is 0 Å². The van der Waals surface area contributed by atoms with E-state index in [0.29, 0.717) is 19.1 Å². The number of methoxy groups -OCH3 is 1. The largest absolute Gasteiger partial charge is 0.478 e. The van der Waals surface area contributed by atoms with E-state index in [2.05, 4.69) is 4.98 Å². The Morgan fingerprint density at radius 1 is 1.52 bits per heavy atom. The smallest absolute Gasteiger partial charge is 0.338 e. The number of carbonyl (C=O) groups is 2. The maximum atomic E-state index is 12.7. The van der Waals surface area contributed by atoms with Crippen LogP contribution in [0, 0.1) is 5.92 Å². The minimum atomic E-state index is -1.14. The first-order valence-corrected chi connectivity index (χ1v) is 7.04. The van der Waals surface area contributed by atoms with Crippen LogP contribution in [-0.2, 0) is 4.74 Å². The Kier molecular flexibility index (Phi) is 4.90. The molecule has 2 rings (SSSR count). The number of nitrogens with zero attached hydrogens (tertiary/aromatic N) is 2. The Hall–Kier alpha value is -1.95. The van der Waals surface area contributed by atoms with Crippen molar-refractivity contribution in [2.75, 3.05) is 20.3 Å². The fraction of sp³-hybridized carbons (Fsp3) is 0.533. The van der Waals surface area contributed by atoms with Crippen molar-refractivity contribution in [2.24, 2.45) is 5.92 Å². The highest BCUT2D eigenvalue weighted by atomic mass is 16.5. The summed E-state index contributed by atoms with van der Waals surface area (Å²) < 4.78 is 5.06. The third kappa shape index (κ3) is 3.58. The highest BCUT2D eigenvalue weighted by Gasteiger charge is 2.35. The standard InChI is InChI=1S/C15H20N2O4/c1-10(11-5-6-11)17(8-9-21-2)14(18)13-12(15(19)20)4-3-7-16-13/h3-4,7,10-11H,5-6,8-9H2,1-2H3,(H,19,20). The normalized spacial score (nSPS) is 15.5. The lowest BCUT2D eigenvalue weighted by Crippen LogP contribution is -2.42. The molecule has 0 radical (unpaired) electrons. The molecule has 0 spiro atoms. The van der Waals surface area contributed by atoms with Gasteiger partial charge in [0.1, 0.15) is 5.69 Å². The molecule has 1 atom stereocenters. The van der Waals surface area contributed by atoms with Gasteiger partial charge in [-0.2, -0.15) is 0 Å². The van der Waals surface area contributed by atoms with Crippen LogP contribution in [0.3, 0.4) is 0 Å². The van der Waals surface area contributed by atoms with Gasteiger partial charge in [0.2, 0.25) is 0 Å². The molecular formula is C15H20N2O4. The van der Waals surface area contributed by atoms with Crippen molar-refractivity contribution in [3.05, 3.63) is 29.6 Å². The lowest BCUT2D eigenvalue weighted by molar-refractivity contribution is 0.0574. The van der Waals surface area contributed by atoms with Crippen molar-refractivity contribution in [3.8, 4) is 0 Å². The third-order valence-corrected chi connectivity index (χ3v) is 3.83. The van der Waals surface area contributed by atoms with Crippen molar-refractivity contribution in [1.82, 2.24) is 9.88 Å². The number of amides is 1. The minimum absolute atomic E-state index is 0.00592. The van der Waals surface area contributed by atoms with Crippen molar-refractivity contribution in [3.63, 3.8) is 0 Å². The number of aromatic nitrogens is 1. The first-order valence-electron chi connectivity index (χ1n) is 7.04. The van der Waals surface area contributed by atoms with E-state index in [0.717, 1.165) is 12.8 Å². The molecule has 0 aromatic carbocycles. The molecule has 6 heteroatoms. The Morgan fingerprint density at radius 2 is 2.24 bits per heavy atom. The summed E-state index contributed by atoms with van der Waals surface area (Å²) in [6, 6.07) is 2.99. The number of carboxylic acids is 1. The number of carbonyl (C=O) groups excluding carboxylic acids is 1. The van der Waals surface area contributed by atoms with Gasteiger partial charge in [0.05, 0.1) is 12.2 Å². The van der Waals surface area contributed by atoms with Gasteiger partial charge in [0, 0.05) is 25.9 Å². The minimum Gasteiger partial charge on any atom is -0.478 e. The molecule has 0 aliphatic heterocycles. The molecule has 1 aliphatic rings. The van der Waals surface area contributed by atoms with E-state index in [4.69, 9.17) is 4.74 Å². The van der Waals surface area contributed by atoms with Crippen LogP contribution in [0.25, 0.3) is 0 Å². The summed E-state index contributed by atoms with van der Waals surface area (Å²) in [6.07, 6.45) is 3.65. The number of carboxylic acid groups (broad SMARTS) is 1. The van der Waals surface area contributed by atoms with Gasteiger partial charge in [-0.15, -0.1) is 0 Å². The van der Waals surface area contributed by atoms with Gasteiger partial charge in [-0.05, 0) is 37.8 Å². The molecule has 1 unspecified atom stereocenters. The van der Waals surface area contributed by atoms with Gasteiger partial charge in [-0.25, -0.2) is 4.79 Å². The van der Waals surface area contributed by atoms with E-state index in [-0.39, 0.29) is 23.2 Å². The maximum absolute atomic E-state index is 12.7. The third-order valence-electron chi connectivity index (χ3n) is 3.83. The fourth-order valence-corrected chi connectivity index (χ4v) is 2.40. The highest BCUT2D eigenvalue weighted by Crippen LogP contribution is 2.35. The van der Waals surface area contributed by atoms with Crippen molar-refractivity contribution in [2.45, 2.75) is 25.8 Å². The van der Waals surface area contributed by atoms with Crippen molar-refractivity contribution < 1.29 is 19.4 Å². The summed E-state index contributed by atoms with van der Waals surface area (Å²) in [7, 11) is 1.58. The van der Waals surface area contributed by atoms with Gasteiger partial charge in [0.25, 0.3) is 5.91 Å². The average Bonchev–Trinajstić information content (AvgIpc) is 3.31. The van der Waals surface area contributed by atoms with Crippen LogP contribution in [0.15, 0.2) is 18.3 Å². The predicted molar refractivity (Wildman–Crippen MR) is 76.3 cm³/mol. The maximum Gasteiger partial charge on any atom is 0.338 e. The zero-order valence-electron chi connectivity index (χ0n) is 12.3. The number of hydrogen-bond donors (Lipinski definition) is 1. The van der Waals surface area contributed by atoms with Gasteiger partial charge in [-0.1, -0.05) is 0 Å². The molecule has 21 heavy (non-hydrogen) atoms. The predicted octanol–water partition coefficient (Wildman–Crippen LogP) is 1.67. The molecule has 1 amide bonds. The van der Waals surface area contributed by atoms with E-state index < -0.39 is 5.97 Å². The number of ether oxygens (including phenoxy) is 1. The Balaban J connectivity index is 2.26. The molecule has 114 valence electrons. The average molecular weight is 292 g/mol. The second-order valence-electron chi connectivity index (χ2n) is 5.27. The SMILES string of the molecule is COCCN(C(=O)c1ncccc1C(=O)O)C(C)C1CC1. The molecular weight excluding hydrogens is 272 g/mol. The first-order chi connectivity index (χ1) is 10.1. The molecule has 1 aromatic heterocycles. The number of aromatic carboxylic acids is 1. The van der Waals surface area contributed by atoms with Crippen LogP contribution in [0.5, 0.6) is 0 Å². The van der Waals surface area contributed by atoms with Gasteiger partial charge in [-0.3, -0.25) is 9.78 Å². The lowest BCUT2D eigenvalue weighted by Gasteiger charge is -2.29. The van der Waals surface area contributed by atoms with Gasteiger partial charge >= 0.3 is 5.97 Å². The van der Waals surface area contributed by atoms with Crippen LogP contribution in [0.1, 0.15) is 40.6 Å². The number of rotatable bonds is 7. The number of pyridine rings is 1. The topological polar surface area (TPSA) is 79.7 Å². The quantitative estimate of drug-likeness (QED) is 0.827. The monoisotopic (exact) mass is 292 g/mol. The van der Waals surface area contributed by atoms with Crippen molar-refractivity contribution in [1.29, 1.82) is 0 Å². The Morgan fingerprint density at radius 3 is 2.81 bits per heavy atom. The summed E-state index contributed by atoms with van der Waals surface area (Å²) in [5.74, 6) is -0.996. The van der Waals surface area contributed by atoms with E-state index in [1.54, 1.807) is 12.0 Å². The van der Waals surface area contributed by atoms with Crippen LogP contribution >= 0.6 is 0 Å². The highest BCUT2D eigenvalue weighted by molar-refractivity contribution is 6.03. The molecule has 1 heterocycles. The first kappa shape index (κ1) is 15.4. The molecule has 0 saturated heterocycles. The summed E-state index contributed by atoms with van der Waals surface area (Å²) in [5, 5.41) is 9.20. The molecule has 1 aromatic rings. The van der Waals surface area contributed by atoms with Gasteiger partial charge in [0.15, 0.2) is 0 Å². The zero-order chi connectivity index (χ0) is 15.4. The van der Waals surface area contributed by atoms with Gasteiger partial charge < -0.3 is 14.7 Å². The second kappa shape index (κ2) is 6.67. The van der Waals surface area contributed by atoms with Crippen LogP contribution in [0.2, 0.25) is 0 Å². The van der Waals surface area contributed by atoms with E-state index in [1.165, 1.54) is 18.3 Å². The van der Waals surface area contributed by atoms with E-state index in [1.807, 2.05) is 6.92 Å². The molecule has 1 fully saturated rings. The summed E-state index contributed by atoms with van der Waals surface area (Å²) in [4.78, 5) is 29.6. The second-order valence-corrected chi connectivity index (χ2v) is 5.27. The van der Waals surface area contributed by atoms with E-state index in [9.17, 15) is 14.7 Å². The van der Waals surface area contributed by atoms with E-state index >= 15 is 0 Å². The number of hydrogen-bond acceptors (Lipinski definition) is 4. The molecule has 1 N–H and O–H groups in total. The lowest BCUT2D eigenvalue weighted by atomic mass is 10.1. The van der Waals surface area contributed by atoms with Crippen molar-refractivity contribution >= 4 is 11.9 Å². The summed E-state index contributed by atoms with van der Waals surface area (Å²) in [6.45, 7) is 2.84. The Labute approximate surface area is 123 Å². The molecule has 1 saturated carbocycles. The molecule has 1 aliphatic carbocycles. The fourth-order valence-electron chi connectivity index (χ4n) is 2.40. The Bertz CT molecular complexity index is 528. The van der Waals surface area contributed by atoms with Crippen LogP contribution in [-0.4, -0.2) is 53.2 Å². The molecule has 6 nitrogen and oxygen atoms in total.